The molecule has 0 N–H and O–H groups in total. The SMILES string of the molecule is C[C@]12CC[C@H]3[C@@H](CCC4=CC(=O)[C@H]5CCC[C@]43C5)[C@@H]1CCC2=O. The van der Waals surface area contributed by atoms with Gasteiger partial charge in [-0.25, -0.2) is 0 Å². The van der Waals surface area contributed by atoms with Gasteiger partial charge in [-0.15, -0.1) is 0 Å². The first-order chi connectivity index (χ1) is 11.0. The van der Waals surface area contributed by atoms with Gasteiger partial charge in [-0.3, -0.25) is 9.59 Å². The monoisotopic (exact) mass is 312 g/mol. The van der Waals surface area contributed by atoms with Gasteiger partial charge < -0.3 is 0 Å². The molecule has 5 aliphatic rings. The Labute approximate surface area is 139 Å². The summed E-state index contributed by atoms with van der Waals surface area (Å²) in [7, 11) is 0. The molecule has 2 bridgehead atoms. The molecule has 5 rings (SSSR count). The lowest BCUT2D eigenvalue weighted by Crippen LogP contribution is -2.53. The van der Waals surface area contributed by atoms with Crippen LogP contribution in [0.25, 0.3) is 0 Å². The number of ketones is 2. The first-order valence-electron chi connectivity index (χ1n) is 9.83. The van der Waals surface area contributed by atoms with E-state index in [4.69, 9.17) is 0 Å². The maximum Gasteiger partial charge on any atom is 0.158 e. The van der Waals surface area contributed by atoms with Crippen LogP contribution in [0.2, 0.25) is 0 Å². The van der Waals surface area contributed by atoms with Crippen LogP contribution >= 0.6 is 0 Å². The fourth-order valence-electron chi connectivity index (χ4n) is 7.64. The fourth-order valence-corrected chi connectivity index (χ4v) is 7.64. The fraction of sp³-hybridized carbons (Fsp3) is 0.810. The zero-order valence-corrected chi connectivity index (χ0v) is 14.3. The number of hydrogen-bond donors (Lipinski definition) is 0. The van der Waals surface area contributed by atoms with Crippen LogP contribution in [-0.2, 0) is 9.59 Å². The van der Waals surface area contributed by atoms with Crippen LogP contribution in [0.1, 0.15) is 71.1 Å². The number of rotatable bonds is 0. The quantitative estimate of drug-likeness (QED) is 0.661. The maximum atomic E-state index is 12.5. The molecular weight excluding hydrogens is 284 g/mol. The molecule has 124 valence electrons. The first kappa shape index (κ1) is 14.4. The number of carbonyl (C=O) groups is 2. The second kappa shape index (κ2) is 4.58. The highest BCUT2D eigenvalue weighted by Gasteiger charge is 2.61. The smallest absolute Gasteiger partial charge is 0.158 e. The Hall–Kier alpha value is -0.920. The highest BCUT2D eigenvalue weighted by Crippen LogP contribution is 2.67. The summed E-state index contributed by atoms with van der Waals surface area (Å²) in [5.41, 5.74) is 1.83. The Bertz CT molecular complexity index is 617. The van der Waals surface area contributed by atoms with E-state index in [1.165, 1.54) is 31.3 Å². The number of hydrogen-bond acceptors (Lipinski definition) is 2. The summed E-state index contributed by atoms with van der Waals surface area (Å²) in [6.07, 6.45) is 13.5. The van der Waals surface area contributed by atoms with Gasteiger partial charge in [-0.05, 0) is 80.6 Å². The average molecular weight is 312 g/mol. The molecule has 1 spiro atoms. The molecule has 4 fully saturated rings. The lowest BCUT2D eigenvalue weighted by atomic mass is 9.44. The summed E-state index contributed by atoms with van der Waals surface area (Å²) < 4.78 is 0. The normalized spacial score (nSPS) is 51.6. The zero-order chi connectivity index (χ0) is 15.8. The minimum absolute atomic E-state index is 0.0163. The number of Topliss-reactive ketones (excluding diaryl/α,β-unsaturated/α-hetero) is 1. The van der Waals surface area contributed by atoms with Crippen molar-refractivity contribution >= 4 is 11.6 Å². The molecule has 23 heavy (non-hydrogen) atoms. The van der Waals surface area contributed by atoms with Gasteiger partial charge in [0, 0.05) is 17.8 Å². The van der Waals surface area contributed by atoms with Crippen molar-refractivity contribution in [2.75, 3.05) is 0 Å². The van der Waals surface area contributed by atoms with Crippen LogP contribution in [0.15, 0.2) is 11.6 Å². The highest BCUT2D eigenvalue weighted by atomic mass is 16.1. The molecule has 0 radical (unpaired) electrons. The summed E-state index contributed by atoms with van der Waals surface area (Å²) in [5, 5.41) is 0. The molecular formula is C21H28O2. The summed E-state index contributed by atoms with van der Waals surface area (Å²) >= 11 is 0. The molecule has 0 aliphatic heterocycles. The minimum atomic E-state index is -0.0163. The van der Waals surface area contributed by atoms with Gasteiger partial charge in [0.2, 0.25) is 0 Å². The van der Waals surface area contributed by atoms with Crippen molar-refractivity contribution < 1.29 is 9.59 Å². The molecule has 2 nitrogen and oxygen atoms in total. The molecule has 0 saturated heterocycles. The first-order valence-corrected chi connectivity index (χ1v) is 9.83. The Balaban J connectivity index is 1.56. The van der Waals surface area contributed by atoms with E-state index in [-0.39, 0.29) is 5.41 Å². The van der Waals surface area contributed by atoms with E-state index in [2.05, 4.69) is 13.0 Å². The van der Waals surface area contributed by atoms with Crippen LogP contribution in [0.3, 0.4) is 0 Å². The topological polar surface area (TPSA) is 34.1 Å². The molecule has 6 atom stereocenters. The van der Waals surface area contributed by atoms with E-state index in [0.717, 1.165) is 50.4 Å². The Morgan fingerprint density at radius 3 is 2.74 bits per heavy atom. The van der Waals surface area contributed by atoms with Crippen molar-refractivity contribution in [3.63, 3.8) is 0 Å². The third-order valence-electron chi connectivity index (χ3n) is 8.75. The van der Waals surface area contributed by atoms with Gasteiger partial charge >= 0.3 is 0 Å². The van der Waals surface area contributed by atoms with E-state index in [1.54, 1.807) is 0 Å². The van der Waals surface area contributed by atoms with E-state index in [9.17, 15) is 9.59 Å². The van der Waals surface area contributed by atoms with Crippen molar-refractivity contribution in [2.24, 2.45) is 34.5 Å². The standard InChI is InChI=1S/C21H28O2/c1-20-10-8-17-15(16(20)6-7-19(20)23)5-4-14-11-18(22)13-3-2-9-21(14,17)12-13/h11,13,15-17H,2-10,12H2,1H3/t13-,15-,16-,17-,20-,21-/m0/s1. The van der Waals surface area contributed by atoms with Gasteiger partial charge in [0.15, 0.2) is 5.78 Å². The van der Waals surface area contributed by atoms with Crippen molar-refractivity contribution in [3.8, 4) is 0 Å². The summed E-state index contributed by atoms with van der Waals surface area (Å²) in [4.78, 5) is 24.9. The third-order valence-corrected chi connectivity index (χ3v) is 8.75. The number of fused-ring (bicyclic) bond motifs is 4. The summed E-state index contributed by atoms with van der Waals surface area (Å²) in [6.45, 7) is 2.26. The molecule has 5 aliphatic carbocycles. The van der Waals surface area contributed by atoms with Gasteiger partial charge in [0.1, 0.15) is 5.78 Å². The van der Waals surface area contributed by atoms with Gasteiger partial charge in [0.05, 0.1) is 0 Å². The molecule has 4 saturated carbocycles. The average Bonchev–Trinajstić information content (AvgIpc) is 2.85. The molecule has 0 heterocycles. The lowest BCUT2D eigenvalue weighted by molar-refractivity contribution is -0.135. The number of allylic oxidation sites excluding steroid dienone is 1. The third kappa shape index (κ3) is 1.71. The predicted molar refractivity (Wildman–Crippen MR) is 88.8 cm³/mol. The van der Waals surface area contributed by atoms with Crippen molar-refractivity contribution in [2.45, 2.75) is 71.1 Å². The molecule has 0 amide bonds. The van der Waals surface area contributed by atoms with E-state index >= 15 is 0 Å². The second-order valence-electron chi connectivity index (χ2n) is 9.35. The van der Waals surface area contributed by atoms with Crippen LogP contribution in [0.5, 0.6) is 0 Å². The van der Waals surface area contributed by atoms with Gasteiger partial charge in [-0.2, -0.15) is 0 Å². The Kier molecular flexibility index (Phi) is 2.87. The van der Waals surface area contributed by atoms with Crippen LogP contribution in [0.4, 0.5) is 0 Å². The summed E-state index contributed by atoms with van der Waals surface area (Å²) in [5.74, 6) is 3.39. The molecule has 0 aromatic carbocycles. The second-order valence-corrected chi connectivity index (χ2v) is 9.35. The minimum Gasteiger partial charge on any atom is -0.299 e. The Morgan fingerprint density at radius 2 is 1.87 bits per heavy atom. The van der Waals surface area contributed by atoms with Crippen molar-refractivity contribution in [1.29, 1.82) is 0 Å². The largest absolute Gasteiger partial charge is 0.299 e. The van der Waals surface area contributed by atoms with Crippen LogP contribution < -0.4 is 0 Å². The van der Waals surface area contributed by atoms with E-state index in [0.29, 0.717) is 28.8 Å². The highest BCUT2D eigenvalue weighted by molar-refractivity contribution is 5.94. The number of carbonyl (C=O) groups excluding carboxylic acids is 2. The van der Waals surface area contributed by atoms with Crippen LogP contribution in [0, 0.1) is 34.5 Å². The molecule has 0 unspecified atom stereocenters. The van der Waals surface area contributed by atoms with Crippen molar-refractivity contribution in [1.82, 2.24) is 0 Å². The lowest BCUT2D eigenvalue weighted by Gasteiger charge is -2.60. The predicted octanol–water partition coefficient (Wildman–Crippen LogP) is 4.48. The maximum absolute atomic E-state index is 12.5. The van der Waals surface area contributed by atoms with Gasteiger partial charge in [-0.1, -0.05) is 18.9 Å². The molecule has 0 aromatic rings. The van der Waals surface area contributed by atoms with Crippen LogP contribution in [-0.4, -0.2) is 11.6 Å². The molecule has 2 heteroatoms. The van der Waals surface area contributed by atoms with Gasteiger partial charge in [0.25, 0.3) is 0 Å². The zero-order valence-electron chi connectivity index (χ0n) is 14.3. The van der Waals surface area contributed by atoms with E-state index in [1.807, 2.05) is 0 Å². The van der Waals surface area contributed by atoms with E-state index < -0.39 is 0 Å². The molecule has 0 aromatic heterocycles. The summed E-state index contributed by atoms with van der Waals surface area (Å²) in [6, 6.07) is 0. The Morgan fingerprint density at radius 1 is 1.00 bits per heavy atom. The van der Waals surface area contributed by atoms with Crippen molar-refractivity contribution in [3.05, 3.63) is 11.6 Å².